The molecule has 0 saturated heterocycles. The van der Waals surface area contributed by atoms with Crippen LogP contribution in [0.2, 0.25) is 0 Å². The number of rotatable bonds is 3. The number of aromatic nitrogens is 2. The van der Waals surface area contributed by atoms with Crippen LogP contribution in [0.1, 0.15) is 31.0 Å². The lowest BCUT2D eigenvalue weighted by atomic mass is 10.1. The molecule has 1 heterocycles. The van der Waals surface area contributed by atoms with E-state index in [0.717, 1.165) is 22.6 Å². The summed E-state index contributed by atoms with van der Waals surface area (Å²) in [6.07, 6.45) is 0. The number of hydrogen-bond acceptors (Lipinski definition) is 4. The highest BCUT2D eigenvalue weighted by molar-refractivity contribution is 5.66. The molecule has 0 unspecified atom stereocenters. The fraction of sp³-hybridized carbons (Fsp3) is 0.333. The Kier molecular flexibility index (Phi) is 3.69. The molecule has 1 aromatic carbocycles. The van der Waals surface area contributed by atoms with Crippen LogP contribution in [0.3, 0.4) is 0 Å². The van der Waals surface area contributed by atoms with Gasteiger partial charge in [-0.25, -0.2) is 9.97 Å². The molecule has 0 amide bonds. The normalized spacial score (nSPS) is 10.8. The maximum atomic E-state index is 5.86. The fourth-order valence-corrected chi connectivity index (χ4v) is 1.89. The average molecular weight is 257 g/mol. The van der Waals surface area contributed by atoms with Crippen LogP contribution in [-0.2, 0) is 0 Å². The van der Waals surface area contributed by atoms with E-state index in [4.69, 9.17) is 10.5 Å². The van der Waals surface area contributed by atoms with Gasteiger partial charge < -0.3 is 10.5 Å². The summed E-state index contributed by atoms with van der Waals surface area (Å²) >= 11 is 0. The van der Waals surface area contributed by atoms with Gasteiger partial charge in [0.1, 0.15) is 11.6 Å². The summed E-state index contributed by atoms with van der Waals surface area (Å²) in [6.45, 7) is 6.18. The van der Waals surface area contributed by atoms with Crippen LogP contribution in [0.5, 0.6) is 5.75 Å². The minimum absolute atomic E-state index is 0.306. The number of nitrogens with zero attached hydrogens (tertiary/aromatic N) is 2. The quantitative estimate of drug-likeness (QED) is 0.917. The average Bonchev–Trinajstić information content (AvgIpc) is 2.37. The van der Waals surface area contributed by atoms with E-state index in [1.165, 1.54) is 0 Å². The SMILES string of the molecule is COc1cc(C)ccc1-c1nc(N)cc(C(C)C)n1. The molecule has 19 heavy (non-hydrogen) atoms. The summed E-state index contributed by atoms with van der Waals surface area (Å²) in [5.41, 5.74) is 8.80. The van der Waals surface area contributed by atoms with Crippen LogP contribution in [0, 0.1) is 6.92 Å². The molecule has 2 N–H and O–H groups in total. The van der Waals surface area contributed by atoms with Crippen LogP contribution in [0.25, 0.3) is 11.4 Å². The van der Waals surface area contributed by atoms with Crippen LogP contribution in [-0.4, -0.2) is 17.1 Å². The second kappa shape index (κ2) is 5.26. The molecule has 0 atom stereocenters. The number of aryl methyl sites for hydroxylation is 1. The van der Waals surface area contributed by atoms with Gasteiger partial charge in [-0.2, -0.15) is 0 Å². The lowest BCUT2D eigenvalue weighted by Gasteiger charge is -2.11. The Morgan fingerprint density at radius 2 is 1.89 bits per heavy atom. The van der Waals surface area contributed by atoms with E-state index in [0.29, 0.717) is 17.6 Å². The Labute approximate surface area is 113 Å². The molecule has 2 rings (SSSR count). The third-order valence-corrected chi connectivity index (χ3v) is 2.96. The van der Waals surface area contributed by atoms with Crippen LogP contribution in [0.4, 0.5) is 5.82 Å². The molecular weight excluding hydrogens is 238 g/mol. The monoisotopic (exact) mass is 257 g/mol. The maximum Gasteiger partial charge on any atom is 0.165 e. The number of anilines is 1. The molecule has 0 aliphatic carbocycles. The van der Waals surface area contributed by atoms with Crippen LogP contribution < -0.4 is 10.5 Å². The molecular formula is C15H19N3O. The molecule has 4 nitrogen and oxygen atoms in total. The van der Waals surface area contributed by atoms with Gasteiger partial charge in [-0.3, -0.25) is 0 Å². The lowest BCUT2D eigenvalue weighted by Crippen LogP contribution is -2.02. The zero-order chi connectivity index (χ0) is 14.0. The standard InChI is InChI=1S/C15H19N3O/c1-9(2)12-8-14(16)18-15(17-12)11-6-5-10(3)7-13(11)19-4/h5-9H,1-4H3,(H2,16,17,18). The number of hydrogen-bond donors (Lipinski definition) is 1. The van der Waals surface area contributed by atoms with Crippen molar-refractivity contribution in [2.75, 3.05) is 12.8 Å². The summed E-state index contributed by atoms with van der Waals surface area (Å²) in [7, 11) is 1.65. The summed E-state index contributed by atoms with van der Waals surface area (Å²) < 4.78 is 5.40. The largest absolute Gasteiger partial charge is 0.496 e. The minimum Gasteiger partial charge on any atom is -0.496 e. The second-order valence-electron chi connectivity index (χ2n) is 4.90. The number of methoxy groups -OCH3 is 1. The summed E-state index contributed by atoms with van der Waals surface area (Å²) in [6, 6.07) is 7.76. The van der Waals surface area contributed by atoms with Crippen molar-refractivity contribution in [3.05, 3.63) is 35.5 Å². The van der Waals surface area contributed by atoms with Gasteiger partial charge in [0.2, 0.25) is 0 Å². The van der Waals surface area contributed by atoms with E-state index in [1.54, 1.807) is 7.11 Å². The smallest absolute Gasteiger partial charge is 0.165 e. The van der Waals surface area contributed by atoms with E-state index in [-0.39, 0.29) is 0 Å². The van der Waals surface area contributed by atoms with Gasteiger partial charge in [-0.15, -0.1) is 0 Å². The highest BCUT2D eigenvalue weighted by atomic mass is 16.5. The summed E-state index contributed by atoms with van der Waals surface area (Å²) in [4.78, 5) is 8.88. The Morgan fingerprint density at radius 1 is 1.16 bits per heavy atom. The first-order valence-electron chi connectivity index (χ1n) is 6.30. The molecule has 100 valence electrons. The lowest BCUT2D eigenvalue weighted by molar-refractivity contribution is 0.416. The number of benzene rings is 1. The minimum atomic E-state index is 0.306. The molecule has 0 spiro atoms. The van der Waals surface area contributed by atoms with Crippen LogP contribution >= 0.6 is 0 Å². The van der Waals surface area contributed by atoms with Crippen molar-refractivity contribution < 1.29 is 4.74 Å². The zero-order valence-electron chi connectivity index (χ0n) is 11.8. The van der Waals surface area contributed by atoms with E-state index in [9.17, 15) is 0 Å². The van der Waals surface area contributed by atoms with Crippen LogP contribution in [0.15, 0.2) is 24.3 Å². The number of nitrogens with two attached hydrogens (primary N) is 1. The zero-order valence-corrected chi connectivity index (χ0v) is 11.8. The van der Waals surface area contributed by atoms with Crippen molar-refractivity contribution in [1.82, 2.24) is 9.97 Å². The third kappa shape index (κ3) is 2.84. The third-order valence-electron chi connectivity index (χ3n) is 2.96. The Balaban J connectivity index is 2.58. The van der Waals surface area contributed by atoms with Gasteiger partial charge in [0.05, 0.1) is 12.7 Å². The van der Waals surface area contributed by atoms with E-state index in [2.05, 4.69) is 23.8 Å². The first-order chi connectivity index (χ1) is 9.01. The Hall–Kier alpha value is -2.10. The molecule has 0 bridgehead atoms. The number of ether oxygens (including phenoxy) is 1. The van der Waals surface area contributed by atoms with Gasteiger partial charge in [0.15, 0.2) is 5.82 Å². The van der Waals surface area contributed by atoms with Gasteiger partial charge in [-0.1, -0.05) is 19.9 Å². The fourth-order valence-electron chi connectivity index (χ4n) is 1.89. The van der Waals surface area contributed by atoms with E-state index in [1.807, 2.05) is 31.2 Å². The highest BCUT2D eigenvalue weighted by Gasteiger charge is 2.12. The van der Waals surface area contributed by atoms with Crippen molar-refractivity contribution in [1.29, 1.82) is 0 Å². The summed E-state index contributed by atoms with van der Waals surface area (Å²) in [5.74, 6) is 2.16. The molecule has 0 fully saturated rings. The van der Waals surface area contributed by atoms with Crippen molar-refractivity contribution in [3.8, 4) is 17.1 Å². The molecule has 0 aliphatic rings. The van der Waals surface area contributed by atoms with Crippen molar-refractivity contribution >= 4 is 5.82 Å². The molecule has 0 aliphatic heterocycles. The summed E-state index contributed by atoms with van der Waals surface area (Å²) in [5, 5.41) is 0. The van der Waals surface area contributed by atoms with Gasteiger partial charge in [0.25, 0.3) is 0 Å². The van der Waals surface area contributed by atoms with Crippen molar-refractivity contribution in [2.45, 2.75) is 26.7 Å². The predicted molar refractivity (Wildman–Crippen MR) is 77.3 cm³/mol. The van der Waals surface area contributed by atoms with Gasteiger partial charge >= 0.3 is 0 Å². The highest BCUT2D eigenvalue weighted by Crippen LogP contribution is 2.29. The Morgan fingerprint density at radius 3 is 2.53 bits per heavy atom. The number of nitrogen functional groups attached to an aromatic ring is 1. The molecule has 4 heteroatoms. The molecule has 1 aromatic heterocycles. The van der Waals surface area contributed by atoms with E-state index >= 15 is 0 Å². The van der Waals surface area contributed by atoms with Gasteiger partial charge in [0, 0.05) is 11.8 Å². The maximum absolute atomic E-state index is 5.86. The van der Waals surface area contributed by atoms with Crippen molar-refractivity contribution in [3.63, 3.8) is 0 Å². The molecule has 0 radical (unpaired) electrons. The second-order valence-corrected chi connectivity index (χ2v) is 4.90. The Bertz CT molecular complexity index is 594. The van der Waals surface area contributed by atoms with Gasteiger partial charge in [-0.05, 0) is 30.5 Å². The van der Waals surface area contributed by atoms with E-state index < -0.39 is 0 Å². The molecule has 2 aromatic rings. The predicted octanol–water partition coefficient (Wildman–Crippen LogP) is 3.17. The topological polar surface area (TPSA) is 61.0 Å². The first kappa shape index (κ1) is 13.3. The van der Waals surface area contributed by atoms with Crippen molar-refractivity contribution in [2.24, 2.45) is 0 Å². The first-order valence-corrected chi connectivity index (χ1v) is 6.30. The molecule has 0 saturated carbocycles.